The van der Waals surface area contributed by atoms with Gasteiger partial charge >= 0.3 is 5.97 Å². The number of aromatic nitrogens is 1. The molecule has 1 fully saturated rings. The monoisotopic (exact) mass is 586 g/mol. The molecule has 0 radical (unpaired) electrons. The number of benzene rings is 2. The number of rotatable bonds is 10. The highest BCUT2D eigenvalue weighted by Gasteiger charge is 2.14. The highest BCUT2D eigenvalue weighted by molar-refractivity contribution is 7.19. The number of hydrogen-bond acceptors (Lipinski definition) is 12. The number of thiazole rings is 1. The normalized spacial score (nSPS) is 13.8. The Hall–Kier alpha value is -4.16. The van der Waals surface area contributed by atoms with Crippen molar-refractivity contribution in [3.8, 4) is 0 Å². The molecule has 0 unspecified atom stereocenters. The topological polar surface area (TPSA) is 117 Å². The van der Waals surface area contributed by atoms with Crippen LogP contribution >= 0.6 is 22.7 Å². The summed E-state index contributed by atoms with van der Waals surface area (Å²) in [5.74, 6) is -0.260. The molecule has 41 heavy (non-hydrogen) atoms. The van der Waals surface area contributed by atoms with Gasteiger partial charge in [0.25, 0.3) is 0 Å². The van der Waals surface area contributed by atoms with Gasteiger partial charge in [-0.05, 0) is 86.3 Å². The van der Waals surface area contributed by atoms with Gasteiger partial charge in [-0.25, -0.2) is 4.98 Å². The molecule has 5 rings (SSSR count). The van der Waals surface area contributed by atoms with Gasteiger partial charge in [-0.1, -0.05) is 11.3 Å². The van der Waals surface area contributed by atoms with E-state index in [0.717, 1.165) is 57.7 Å². The number of aryl methyl sites for hydroxylation is 3. The van der Waals surface area contributed by atoms with Crippen molar-refractivity contribution in [3.05, 3.63) is 70.7 Å². The molecule has 10 nitrogen and oxygen atoms in total. The van der Waals surface area contributed by atoms with E-state index in [-0.39, 0.29) is 12.4 Å². The fourth-order valence-electron chi connectivity index (χ4n) is 4.21. The number of thiophene rings is 1. The zero-order chi connectivity index (χ0) is 28.6. The third-order valence-electron chi connectivity index (χ3n) is 6.49. The van der Waals surface area contributed by atoms with E-state index in [4.69, 9.17) is 0 Å². The van der Waals surface area contributed by atoms with Gasteiger partial charge in [0, 0.05) is 24.9 Å². The lowest BCUT2D eigenvalue weighted by Gasteiger charge is -2.13. The van der Waals surface area contributed by atoms with Crippen LogP contribution in [0.4, 0.5) is 37.9 Å². The average Bonchev–Trinajstić information content (AvgIpc) is 3.76. The molecule has 1 saturated heterocycles. The smallest absolute Gasteiger partial charge is 0.305 e. The van der Waals surface area contributed by atoms with E-state index in [9.17, 15) is 4.79 Å². The second kappa shape index (κ2) is 13.5. The second-order valence-electron chi connectivity index (χ2n) is 9.55. The standard InChI is InChI=1S/C29H30N8O2S2/c1-19-17-22(32-35-26-11-12-27(41-26)37-14-4-5-15-37)7-9-24(19)33-31-21-6-10-25(20(2)16-21)34-36-29-30-23(18-40-29)8-13-28(38)39-3/h6-7,9-12,16-18H,4-5,8,13-15H2,1-3H3/b33-31+,35-32+,36-34+. The van der Waals surface area contributed by atoms with E-state index in [1.807, 2.05) is 61.7 Å². The average molecular weight is 587 g/mol. The Kier molecular flexibility index (Phi) is 9.32. The zero-order valence-corrected chi connectivity index (χ0v) is 24.8. The fraction of sp³-hybridized carbons (Fsp3) is 0.310. The minimum absolute atomic E-state index is 0.260. The summed E-state index contributed by atoms with van der Waals surface area (Å²) in [5.41, 5.74) is 5.66. The first-order valence-corrected chi connectivity index (χ1v) is 15.0. The van der Waals surface area contributed by atoms with Crippen molar-refractivity contribution in [1.82, 2.24) is 4.98 Å². The summed E-state index contributed by atoms with van der Waals surface area (Å²) in [6, 6.07) is 15.5. The summed E-state index contributed by atoms with van der Waals surface area (Å²) in [6.07, 6.45) is 3.31. The Morgan fingerprint density at radius 3 is 2.20 bits per heavy atom. The maximum atomic E-state index is 11.3. The minimum Gasteiger partial charge on any atom is -0.469 e. The first kappa shape index (κ1) is 28.4. The van der Waals surface area contributed by atoms with Crippen LogP contribution in [-0.4, -0.2) is 31.2 Å². The summed E-state index contributed by atoms with van der Waals surface area (Å²) in [6.45, 7) is 6.18. The molecule has 0 spiro atoms. The molecule has 0 saturated carbocycles. The Morgan fingerprint density at radius 1 is 0.878 bits per heavy atom. The number of methoxy groups -OCH3 is 1. The van der Waals surface area contributed by atoms with E-state index in [0.29, 0.717) is 11.6 Å². The third-order valence-corrected chi connectivity index (χ3v) is 8.29. The molecular formula is C29H30N8O2S2. The maximum Gasteiger partial charge on any atom is 0.305 e. The van der Waals surface area contributed by atoms with Crippen molar-refractivity contribution in [2.24, 2.45) is 30.7 Å². The molecule has 0 atom stereocenters. The Labute approximate surface area is 246 Å². The quantitative estimate of drug-likeness (QED) is 0.136. The molecule has 4 aromatic rings. The largest absolute Gasteiger partial charge is 0.469 e. The lowest BCUT2D eigenvalue weighted by atomic mass is 10.2. The number of esters is 1. The van der Waals surface area contributed by atoms with Crippen molar-refractivity contribution in [1.29, 1.82) is 0 Å². The Morgan fingerprint density at radius 2 is 1.54 bits per heavy atom. The van der Waals surface area contributed by atoms with Crippen LogP contribution < -0.4 is 4.90 Å². The molecule has 210 valence electrons. The maximum absolute atomic E-state index is 11.3. The molecule has 2 aromatic heterocycles. The van der Waals surface area contributed by atoms with Crippen LogP contribution in [0.1, 0.15) is 36.1 Å². The van der Waals surface area contributed by atoms with Gasteiger partial charge < -0.3 is 9.64 Å². The summed E-state index contributed by atoms with van der Waals surface area (Å²) in [4.78, 5) is 18.1. The van der Waals surface area contributed by atoms with Gasteiger partial charge in [0.2, 0.25) is 5.13 Å². The summed E-state index contributed by atoms with van der Waals surface area (Å²) < 4.78 is 4.67. The van der Waals surface area contributed by atoms with E-state index in [2.05, 4.69) is 51.4 Å². The number of hydrogen-bond donors (Lipinski definition) is 0. The summed E-state index contributed by atoms with van der Waals surface area (Å²) in [7, 11) is 1.38. The van der Waals surface area contributed by atoms with Crippen molar-refractivity contribution in [2.45, 2.75) is 39.5 Å². The van der Waals surface area contributed by atoms with Crippen LogP contribution in [0.5, 0.6) is 0 Å². The lowest BCUT2D eigenvalue weighted by Crippen LogP contribution is -2.15. The van der Waals surface area contributed by atoms with Gasteiger partial charge in [-0.3, -0.25) is 4.79 Å². The predicted octanol–water partition coefficient (Wildman–Crippen LogP) is 9.77. The molecular weight excluding hydrogens is 557 g/mol. The van der Waals surface area contributed by atoms with Crippen LogP contribution in [0.25, 0.3) is 0 Å². The summed E-state index contributed by atoms with van der Waals surface area (Å²) in [5, 5.41) is 30.9. The van der Waals surface area contributed by atoms with E-state index in [1.165, 1.54) is 36.3 Å². The molecule has 3 heterocycles. The molecule has 1 aliphatic rings. The first-order valence-electron chi connectivity index (χ1n) is 13.3. The lowest BCUT2D eigenvalue weighted by molar-refractivity contribution is -0.140. The van der Waals surface area contributed by atoms with E-state index < -0.39 is 0 Å². The van der Waals surface area contributed by atoms with Crippen LogP contribution in [0.2, 0.25) is 0 Å². The van der Waals surface area contributed by atoms with E-state index >= 15 is 0 Å². The molecule has 0 aliphatic carbocycles. The fourth-order valence-corrected chi connectivity index (χ4v) is 5.76. The molecule has 2 aromatic carbocycles. The van der Waals surface area contributed by atoms with Gasteiger partial charge in [0.15, 0.2) is 0 Å². The Bertz CT molecular complexity index is 1600. The Balaban J connectivity index is 1.18. The SMILES string of the molecule is COC(=O)CCc1csc(/N=N/c2ccc(/N=N/c3ccc(/N=N/c4ccc(N5CCCC5)s4)cc3C)cc2C)n1. The molecule has 12 heteroatoms. The molecule has 0 N–H and O–H groups in total. The highest BCUT2D eigenvalue weighted by atomic mass is 32.1. The van der Waals surface area contributed by atoms with Crippen LogP contribution in [0, 0.1) is 13.8 Å². The first-order chi connectivity index (χ1) is 20.0. The van der Waals surface area contributed by atoms with Crippen molar-refractivity contribution >= 4 is 66.5 Å². The van der Waals surface area contributed by atoms with Crippen LogP contribution in [-0.2, 0) is 16.0 Å². The number of carbonyl (C=O) groups is 1. The number of ether oxygens (including phenoxy) is 1. The number of carbonyl (C=O) groups excluding carboxylic acids is 1. The number of anilines is 1. The molecule has 1 aliphatic heterocycles. The molecule has 0 bridgehead atoms. The van der Waals surface area contributed by atoms with E-state index in [1.54, 1.807) is 11.3 Å². The highest BCUT2D eigenvalue weighted by Crippen LogP contribution is 2.35. The van der Waals surface area contributed by atoms with Crippen molar-refractivity contribution in [3.63, 3.8) is 0 Å². The number of azo groups is 3. The van der Waals surface area contributed by atoms with Crippen LogP contribution in [0.3, 0.4) is 0 Å². The van der Waals surface area contributed by atoms with Gasteiger partial charge in [0.05, 0.1) is 47.0 Å². The second-order valence-corrected chi connectivity index (χ2v) is 11.4. The minimum atomic E-state index is -0.260. The zero-order valence-electron chi connectivity index (χ0n) is 23.1. The van der Waals surface area contributed by atoms with Crippen molar-refractivity contribution in [2.75, 3.05) is 25.1 Å². The predicted molar refractivity (Wildman–Crippen MR) is 163 cm³/mol. The third kappa shape index (κ3) is 7.74. The molecule has 0 amide bonds. The van der Waals surface area contributed by atoms with Crippen LogP contribution in [0.15, 0.2) is 84.6 Å². The van der Waals surface area contributed by atoms with Gasteiger partial charge in [0.1, 0.15) is 5.00 Å². The van der Waals surface area contributed by atoms with Crippen molar-refractivity contribution < 1.29 is 9.53 Å². The van der Waals surface area contributed by atoms with Gasteiger partial charge in [-0.2, -0.15) is 10.2 Å². The van der Waals surface area contributed by atoms with Gasteiger partial charge in [-0.15, -0.1) is 31.8 Å². The number of nitrogens with zero attached hydrogens (tertiary/aromatic N) is 8. The summed E-state index contributed by atoms with van der Waals surface area (Å²) >= 11 is 3.05.